The first kappa shape index (κ1) is 21.1. The van der Waals surface area contributed by atoms with Gasteiger partial charge in [0.25, 0.3) is 0 Å². The molecule has 0 saturated carbocycles. The maximum absolute atomic E-state index is 12.8. The lowest BCUT2D eigenvalue weighted by atomic mass is 9.81. The molecule has 6 nitrogen and oxygen atoms in total. The van der Waals surface area contributed by atoms with Gasteiger partial charge >= 0.3 is 6.61 Å². The number of nitrogens with two attached hydrogens (primary N) is 1. The summed E-state index contributed by atoms with van der Waals surface area (Å²) in [5.41, 5.74) is 5.73. The molecule has 27 heavy (non-hydrogen) atoms. The van der Waals surface area contributed by atoms with Crippen molar-refractivity contribution in [2.75, 3.05) is 18.0 Å². The molecule has 1 atom stereocenters. The molecule has 1 aromatic carbocycles. The maximum atomic E-state index is 12.8. The molecule has 1 aliphatic rings. The molecule has 1 saturated heterocycles. The summed E-state index contributed by atoms with van der Waals surface area (Å²) in [6.07, 6.45) is 2.48. The van der Waals surface area contributed by atoms with Crippen LogP contribution in [0.1, 0.15) is 39.5 Å². The highest BCUT2D eigenvalue weighted by atomic mass is 19.3. The van der Waals surface area contributed by atoms with Crippen molar-refractivity contribution in [1.82, 2.24) is 5.32 Å². The second-order valence-electron chi connectivity index (χ2n) is 6.72. The fourth-order valence-corrected chi connectivity index (χ4v) is 3.34. The van der Waals surface area contributed by atoms with Gasteiger partial charge in [-0.15, -0.1) is 0 Å². The lowest BCUT2D eigenvalue weighted by Crippen LogP contribution is -2.56. The van der Waals surface area contributed by atoms with Crippen LogP contribution in [0, 0.1) is 5.41 Å². The summed E-state index contributed by atoms with van der Waals surface area (Å²) in [6.45, 7) is 1.65. The van der Waals surface area contributed by atoms with Gasteiger partial charge in [-0.25, -0.2) is 0 Å². The van der Waals surface area contributed by atoms with Gasteiger partial charge in [0.1, 0.15) is 11.8 Å². The van der Waals surface area contributed by atoms with Gasteiger partial charge in [-0.2, -0.15) is 8.78 Å². The zero-order chi connectivity index (χ0) is 20.0. The molecule has 2 rings (SSSR count). The molecule has 1 aromatic rings. The van der Waals surface area contributed by atoms with Crippen molar-refractivity contribution < 1.29 is 23.1 Å². The molecule has 2 amide bonds. The van der Waals surface area contributed by atoms with Crippen LogP contribution in [0.25, 0.3) is 0 Å². The van der Waals surface area contributed by atoms with E-state index >= 15 is 0 Å². The Kier molecular flexibility index (Phi) is 7.12. The Hall–Kier alpha value is -2.22. The number of halogens is 2. The summed E-state index contributed by atoms with van der Waals surface area (Å²) in [5.74, 6) is -0.382. The largest absolute Gasteiger partial charge is 0.435 e. The molecule has 0 aromatic heterocycles. The minimum absolute atomic E-state index is 0.0293. The molecule has 0 radical (unpaired) electrons. The summed E-state index contributed by atoms with van der Waals surface area (Å²) < 4.78 is 28.8. The molecule has 0 bridgehead atoms. The van der Waals surface area contributed by atoms with Crippen molar-refractivity contribution in [3.05, 3.63) is 24.3 Å². The first-order valence-corrected chi connectivity index (χ1v) is 9.24. The molecule has 150 valence electrons. The smallest absolute Gasteiger partial charge is 0.387 e. The molecule has 1 fully saturated rings. The average Bonchev–Trinajstić information content (AvgIpc) is 2.66. The molecular weight excluding hydrogens is 356 g/mol. The number of nitrogens with one attached hydrogen (secondary N) is 1. The fraction of sp³-hybridized carbons (Fsp3) is 0.579. The van der Waals surface area contributed by atoms with Crippen LogP contribution in [0.2, 0.25) is 0 Å². The van der Waals surface area contributed by atoms with Gasteiger partial charge in [0.05, 0.1) is 5.41 Å². The predicted octanol–water partition coefficient (Wildman–Crippen LogP) is 2.66. The van der Waals surface area contributed by atoms with Crippen LogP contribution in [0.3, 0.4) is 0 Å². The Morgan fingerprint density at radius 3 is 2.48 bits per heavy atom. The quantitative estimate of drug-likeness (QED) is 0.723. The van der Waals surface area contributed by atoms with Gasteiger partial charge in [0.15, 0.2) is 0 Å². The second-order valence-corrected chi connectivity index (χ2v) is 6.72. The lowest BCUT2D eigenvalue weighted by Gasteiger charge is -2.36. The standard InChI is InChI=1S/C19H27F2N3O3/c1-3-19(4-2,12-22)17(26)23-15-6-5-11-24(16(15)25)13-7-9-14(10-8-13)27-18(20)21/h7-10,15,18H,3-6,11-12,22H2,1-2H3,(H,23,26). The SMILES string of the molecule is CCC(CC)(CN)C(=O)NC1CCCN(c2ccc(OC(F)F)cc2)C1=O. The number of nitrogens with zero attached hydrogens (tertiary/aromatic N) is 1. The molecule has 3 N–H and O–H groups in total. The fourth-order valence-electron chi connectivity index (χ4n) is 3.34. The molecule has 1 aliphatic heterocycles. The van der Waals surface area contributed by atoms with Gasteiger partial charge in [-0.05, 0) is 49.9 Å². The summed E-state index contributed by atoms with van der Waals surface area (Å²) in [7, 11) is 0. The Morgan fingerprint density at radius 1 is 1.33 bits per heavy atom. The summed E-state index contributed by atoms with van der Waals surface area (Å²) in [4.78, 5) is 27.1. The minimum Gasteiger partial charge on any atom is -0.435 e. The normalized spacial score (nSPS) is 17.9. The van der Waals surface area contributed by atoms with Crippen molar-refractivity contribution >= 4 is 17.5 Å². The highest BCUT2D eigenvalue weighted by Crippen LogP contribution is 2.28. The van der Waals surface area contributed by atoms with E-state index in [1.807, 2.05) is 13.8 Å². The molecule has 8 heteroatoms. The van der Waals surface area contributed by atoms with E-state index in [-0.39, 0.29) is 24.1 Å². The monoisotopic (exact) mass is 383 g/mol. The number of ether oxygens (including phenoxy) is 1. The Labute approximate surface area is 158 Å². The third kappa shape index (κ3) is 4.74. The van der Waals surface area contributed by atoms with E-state index in [0.717, 1.165) is 6.42 Å². The Balaban J connectivity index is 2.10. The van der Waals surface area contributed by atoms with Gasteiger partial charge in [-0.3, -0.25) is 9.59 Å². The first-order valence-electron chi connectivity index (χ1n) is 9.24. The number of benzene rings is 1. The van der Waals surface area contributed by atoms with E-state index in [1.54, 1.807) is 17.0 Å². The Bertz CT molecular complexity index is 640. The topological polar surface area (TPSA) is 84.7 Å². The van der Waals surface area contributed by atoms with Crippen LogP contribution in [0.15, 0.2) is 24.3 Å². The van der Waals surface area contributed by atoms with E-state index in [2.05, 4.69) is 10.1 Å². The third-order valence-corrected chi connectivity index (χ3v) is 5.34. The van der Waals surface area contributed by atoms with E-state index in [1.165, 1.54) is 12.1 Å². The summed E-state index contributed by atoms with van der Waals surface area (Å²) in [5, 5.41) is 2.87. The van der Waals surface area contributed by atoms with Crippen molar-refractivity contribution in [3.63, 3.8) is 0 Å². The minimum atomic E-state index is -2.90. The van der Waals surface area contributed by atoms with E-state index < -0.39 is 18.1 Å². The first-order chi connectivity index (χ1) is 12.9. The van der Waals surface area contributed by atoms with Crippen LogP contribution in [-0.4, -0.2) is 37.6 Å². The zero-order valence-electron chi connectivity index (χ0n) is 15.7. The average molecular weight is 383 g/mol. The maximum Gasteiger partial charge on any atom is 0.387 e. The number of alkyl halides is 2. The number of amides is 2. The highest BCUT2D eigenvalue weighted by Gasteiger charge is 2.38. The number of hydrogen-bond acceptors (Lipinski definition) is 4. The number of carbonyl (C=O) groups is 2. The predicted molar refractivity (Wildman–Crippen MR) is 98.7 cm³/mol. The summed E-state index contributed by atoms with van der Waals surface area (Å²) in [6, 6.07) is 5.28. The molecule has 0 aliphatic carbocycles. The van der Waals surface area contributed by atoms with Crippen molar-refractivity contribution in [2.24, 2.45) is 11.1 Å². The lowest BCUT2D eigenvalue weighted by molar-refractivity contribution is -0.135. The van der Waals surface area contributed by atoms with Crippen LogP contribution < -0.4 is 20.7 Å². The van der Waals surface area contributed by atoms with E-state index in [9.17, 15) is 18.4 Å². The number of rotatable bonds is 8. The van der Waals surface area contributed by atoms with Crippen LogP contribution in [-0.2, 0) is 9.59 Å². The van der Waals surface area contributed by atoms with Crippen LogP contribution >= 0.6 is 0 Å². The van der Waals surface area contributed by atoms with Gasteiger partial charge in [0, 0.05) is 18.8 Å². The van der Waals surface area contributed by atoms with Gasteiger partial charge in [-0.1, -0.05) is 13.8 Å². The van der Waals surface area contributed by atoms with Gasteiger partial charge < -0.3 is 20.7 Å². The number of piperidine rings is 1. The van der Waals surface area contributed by atoms with Gasteiger partial charge in [0.2, 0.25) is 11.8 Å². The van der Waals surface area contributed by atoms with E-state index in [4.69, 9.17) is 5.73 Å². The third-order valence-electron chi connectivity index (χ3n) is 5.34. The zero-order valence-corrected chi connectivity index (χ0v) is 15.7. The van der Waals surface area contributed by atoms with E-state index in [0.29, 0.717) is 31.5 Å². The molecule has 0 spiro atoms. The molecule has 1 unspecified atom stereocenters. The van der Waals surface area contributed by atoms with Crippen molar-refractivity contribution in [2.45, 2.75) is 52.2 Å². The van der Waals surface area contributed by atoms with Crippen molar-refractivity contribution in [1.29, 1.82) is 0 Å². The van der Waals surface area contributed by atoms with Crippen LogP contribution in [0.5, 0.6) is 5.75 Å². The summed E-state index contributed by atoms with van der Waals surface area (Å²) >= 11 is 0. The molecule has 1 heterocycles. The van der Waals surface area contributed by atoms with Crippen LogP contribution in [0.4, 0.5) is 14.5 Å². The number of hydrogen-bond donors (Lipinski definition) is 2. The number of anilines is 1. The highest BCUT2D eigenvalue weighted by molar-refractivity contribution is 6.00. The Morgan fingerprint density at radius 2 is 1.96 bits per heavy atom. The molecular formula is C19H27F2N3O3. The number of carbonyl (C=O) groups excluding carboxylic acids is 2. The van der Waals surface area contributed by atoms with Crippen molar-refractivity contribution in [3.8, 4) is 5.75 Å². The second kappa shape index (κ2) is 9.12.